The minimum atomic E-state index is 0.549. The number of pyridine rings is 1. The maximum absolute atomic E-state index is 9.19. The van der Waals surface area contributed by atoms with E-state index in [9.17, 15) is 5.26 Å². The highest BCUT2D eigenvalue weighted by molar-refractivity contribution is 5.57. The average molecular weight is 332 g/mol. The van der Waals surface area contributed by atoms with Crippen molar-refractivity contribution in [3.8, 4) is 6.07 Å². The third kappa shape index (κ3) is 3.19. The van der Waals surface area contributed by atoms with Gasteiger partial charge in [0, 0.05) is 31.9 Å². The Morgan fingerprint density at radius 1 is 1.12 bits per heavy atom. The summed E-state index contributed by atoms with van der Waals surface area (Å²) in [5, 5.41) is 9.19. The number of benzene rings is 1. The van der Waals surface area contributed by atoms with Crippen LogP contribution in [0.3, 0.4) is 0 Å². The first-order valence-electron chi connectivity index (χ1n) is 9.20. The van der Waals surface area contributed by atoms with Gasteiger partial charge in [0.05, 0.1) is 0 Å². The molecule has 25 heavy (non-hydrogen) atoms. The van der Waals surface area contributed by atoms with Crippen molar-refractivity contribution < 1.29 is 0 Å². The van der Waals surface area contributed by atoms with Crippen LogP contribution in [-0.2, 0) is 6.42 Å². The topological polar surface area (TPSA) is 43.2 Å². The van der Waals surface area contributed by atoms with Gasteiger partial charge in [-0.15, -0.1) is 0 Å². The molecule has 0 aliphatic carbocycles. The van der Waals surface area contributed by atoms with Gasteiger partial charge in [-0.1, -0.05) is 24.3 Å². The van der Waals surface area contributed by atoms with Crippen LogP contribution in [0.5, 0.6) is 0 Å². The number of nitriles is 1. The van der Waals surface area contributed by atoms with E-state index in [0.29, 0.717) is 5.69 Å². The van der Waals surface area contributed by atoms with Crippen LogP contribution >= 0.6 is 0 Å². The molecule has 1 aromatic carbocycles. The Hall–Kier alpha value is -2.54. The number of hydrogen-bond donors (Lipinski definition) is 0. The second-order valence-electron chi connectivity index (χ2n) is 7.20. The van der Waals surface area contributed by atoms with Crippen LogP contribution < -0.4 is 9.80 Å². The van der Waals surface area contributed by atoms with Gasteiger partial charge in [0.1, 0.15) is 17.6 Å². The molecule has 2 aliphatic heterocycles. The highest BCUT2D eigenvalue weighted by Gasteiger charge is 2.25. The standard InChI is InChI=1S/C21H24N4/c1-16-6-7-21(23-19(16)14-22)24-11-8-17(9-12-24)15-25-13-10-18-4-2-3-5-20(18)25/h2-7,17H,8-13,15H2,1H3. The predicted octanol–water partition coefficient (Wildman–Crippen LogP) is 3.54. The Balaban J connectivity index is 1.37. The Labute approximate surface area is 149 Å². The first-order valence-corrected chi connectivity index (χ1v) is 9.20. The molecule has 3 heterocycles. The lowest BCUT2D eigenvalue weighted by atomic mass is 9.96. The molecule has 0 N–H and O–H groups in total. The number of anilines is 2. The number of aryl methyl sites for hydroxylation is 1. The van der Waals surface area contributed by atoms with Crippen molar-refractivity contribution in [2.24, 2.45) is 5.92 Å². The molecule has 0 saturated carbocycles. The Kier molecular flexibility index (Phi) is 4.31. The zero-order valence-corrected chi connectivity index (χ0v) is 14.8. The number of rotatable bonds is 3. The lowest BCUT2D eigenvalue weighted by molar-refractivity contribution is 0.404. The maximum atomic E-state index is 9.19. The van der Waals surface area contributed by atoms with E-state index in [0.717, 1.165) is 43.5 Å². The molecule has 128 valence electrons. The van der Waals surface area contributed by atoms with E-state index in [1.165, 1.54) is 30.5 Å². The molecule has 0 unspecified atom stereocenters. The smallest absolute Gasteiger partial charge is 0.145 e. The minimum absolute atomic E-state index is 0.549. The first kappa shape index (κ1) is 16.0. The molecule has 1 fully saturated rings. The van der Waals surface area contributed by atoms with Crippen LogP contribution in [0.1, 0.15) is 29.7 Å². The van der Waals surface area contributed by atoms with Gasteiger partial charge >= 0.3 is 0 Å². The van der Waals surface area contributed by atoms with E-state index >= 15 is 0 Å². The fourth-order valence-corrected chi connectivity index (χ4v) is 4.06. The van der Waals surface area contributed by atoms with Gasteiger partial charge in [-0.2, -0.15) is 5.26 Å². The summed E-state index contributed by atoms with van der Waals surface area (Å²) in [7, 11) is 0. The number of hydrogen-bond acceptors (Lipinski definition) is 4. The first-order chi connectivity index (χ1) is 12.2. The third-order valence-electron chi connectivity index (χ3n) is 5.59. The van der Waals surface area contributed by atoms with Crippen molar-refractivity contribution in [2.75, 3.05) is 36.0 Å². The monoisotopic (exact) mass is 332 g/mol. The zero-order chi connectivity index (χ0) is 17.2. The van der Waals surface area contributed by atoms with Crippen LogP contribution in [-0.4, -0.2) is 31.2 Å². The molecule has 4 heteroatoms. The number of fused-ring (bicyclic) bond motifs is 1. The Bertz CT molecular complexity index is 800. The van der Waals surface area contributed by atoms with Gasteiger partial charge in [-0.3, -0.25) is 0 Å². The second kappa shape index (κ2) is 6.76. The van der Waals surface area contributed by atoms with Crippen molar-refractivity contribution in [2.45, 2.75) is 26.2 Å². The molecule has 4 nitrogen and oxygen atoms in total. The van der Waals surface area contributed by atoms with Crippen LogP contribution in [0.4, 0.5) is 11.5 Å². The SMILES string of the molecule is Cc1ccc(N2CCC(CN3CCc4ccccc43)CC2)nc1C#N. The highest BCUT2D eigenvalue weighted by atomic mass is 15.2. The number of aromatic nitrogens is 1. The summed E-state index contributed by atoms with van der Waals surface area (Å²) in [5.74, 6) is 1.69. The van der Waals surface area contributed by atoms with Gasteiger partial charge < -0.3 is 9.80 Å². The molecule has 1 saturated heterocycles. The normalized spacial score (nSPS) is 17.4. The van der Waals surface area contributed by atoms with Crippen molar-refractivity contribution >= 4 is 11.5 Å². The van der Waals surface area contributed by atoms with E-state index in [1.54, 1.807) is 0 Å². The van der Waals surface area contributed by atoms with Crippen LogP contribution in [0.15, 0.2) is 36.4 Å². The molecule has 0 spiro atoms. The highest BCUT2D eigenvalue weighted by Crippen LogP contribution is 2.30. The molecule has 0 atom stereocenters. The van der Waals surface area contributed by atoms with E-state index < -0.39 is 0 Å². The second-order valence-corrected chi connectivity index (χ2v) is 7.20. The molecule has 2 aromatic rings. The van der Waals surface area contributed by atoms with Crippen LogP contribution in [0.25, 0.3) is 0 Å². The third-order valence-corrected chi connectivity index (χ3v) is 5.59. The molecule has 2 aliphatic rings. The van der Waals surface area contributed by atoms with Crippen LogP contribution in [0, 0.1) is 24.2 Å². The summed E-state index contributed by atoms with van der Waals surface area (Å²) in [5.41, 5.74) is 4.43. The van der Waals surface area contributed by atoms with Crippen LogP contribution in [0.2, 0.25) is 0 Å². The van der Waals surface area contributed by atoms with E-state index in [1.807, 2.05) is 19.1 Å². The molecular weight excluding hydrogens is 308 g/mol. The van der Waals surface area contributed by atoms with Crippen molar-refractivity contribution in [1.82, 2.24) is 4.98 Å². The van der Waals surface area contributed by atoms with Gasteiger partial charge in [0.15, 0.2) is 0 Å². The lowest BCUT2D eigenvalue weighted by Gasteiger charge is -2.35. The maximum Gasteiger partial charge on any atom is 0.145 e. The Morgan fingerprint density at radius 2 is 1.92 bits per heavy atom. The predicted molar refractivity (Wildman–Crippen MR) is 101 cm³/mol. The summed E-state index contributed by atoms with van der Waals surface area (Å²) in [6, 6.07) is 15.1. The molecule has 1 aromatic heterocycles. The quantitative estimate of drug-likeness (QED) is 0.862. The van der Waals surface area contributed by atoms with Gasteiger partial charge in [-0.05, 0) is 55.4 Å². The summed E-state index contributed by atoms with van der Waals surface area (Å²) < 4.78 is 0. The van der Waals surface area contributed by atoms with Crippen molar-refractivity contribution in [3.63, 3.8) is 0 Å². The van der Waals surface area contributed by atoms with Gasteiger partial charge in [0.25, 0.3) is 0 Å². The van der Waals surface area contributed by atoms with E-state index in [2.05, 4.69) is 45.1 Å². The van der Waals surface area contributed by atoms with E-state index in [-0.39, 0.29) is 0 Å². The fraction of sp³-hybridized carbons (Fsp3) is 0.429. The zero-order valence-electron chi connectivity index (χ0n) is 14.8. The average Bonchev–Trinajstić information content (AvgIpc) is 3.06. The van der Waals surface area contributed by atoms with Gasteiger partial charge in [0.2, 0.25) is 0 Å². The summed E-state index contributed by atoms with van der Waals surface area (Å²) in [6.45, 7) is 6.32. The molecule has 0 bridgehead atoms. The lowest BCUT2D eigenvalue weighted by Crippen LogP contribution is -2.38. The molecule has 4 rings (SSSR count). The summed E-state index contributed by atoms with van der Waals surface area (Å²) in [4.78, 5) is 9.42. The number of piperidine rings is 1. The minimum Gasteiger partial charge on any atom is -0.371 e. The fourth-order valence-electron chi connectivity index (χ4n) is 4.06. The number of para-hydroxylation sites is 1. The largest absolute Gasteiger partial charge is 0.371 e. The van der Waals surface area contributed by atoms with Gasteiger partial charge in [-0.25, -0.2) is 4.98 Å². The summed E-state index contributed by atoms with van der Waals surface area (Å²) >= 11 is 0. The van der Waals surface area contributed by atoms with Crippen molar-refractivity contribution in [3.05, 3.63) is 53.2 Å². The summed E-state index contributed by atoms with van der Waals surface area (Å²) in [6.07, 6.45) is 3.56. The van der Waals surface area contributed by atoms with Crippen molar-refractivity contribution in [1.29, 1.82) is 5.26 Å². The van der Waals surface area contributed by atoms with E-state index in [4.69, 9.17) is 0 Å². The Morgan fingerprint density at radius 3 is 2.72 bits per heavy atom. The molecule has 0 radical (unpaired) electrons. The molecular formula is C21H24N4. The molecule has 0 amide bonds. The number of nitrogens with zero attached hydrogens (tertiary/aromatic N) is 4.